The Morgan fingerprint density at radius 2 is 1.76 bits per heavy atom. The monoisotopic (exact) mass is 337 g/mol. The fraction of sp³-hybridized carbons (Fsp3) is 0.200. The Balaban J connectivity index is 1.80. The molecule has 128 valence electrons. The molecule has 0 aliphatic carbocycles. The third kappa shape index (κ3) is 3.71. The highest BCUT2D eigenvalue weighted by atomic mass is 16.4. The van der Waals surface area contributed by atoms with Crippen molar-refractivity contribution in [2.75, 3.05) is 5.32 Å². The fourth-order valence-electron chi connectivity index (χ4n) is 3.19. The lowest BCUT2D eigenvalue weighted by molar-refractivity contribution is -0.140. The lowest BCUT2D eigenvalue weighted by Crippen LogP contribution is -2.25. The minimum absolute atomic E-state index is 0.0206. The third-order valence-corrected chi connectivity index (χ3v) is 4.43. The van der Waals surface area contributed by atoms with E-state index >= 15 is 0 Å². The molecule has 1 heterocycles. The lowest BCUT2D eigenvalue weighted by Gasteiger charge is -2.28. The van der Waals surface area contributed by atoms with Crippen molar-refractivity contribution in [2.24, 2.45) is 0 Å². The van der Waals surface area contributed by atoms with Crippen LogP contribution in [-0.2, 0) is 16.0 Å². The number of hydrogen-bond acceptors (Lipinski definition) is 3. The Morgan fingerprint density at radius 1 is 1.04 bits per heavy atom. The van der Waals surface area contributed by atoms with Crippen molar-refractivity contribution < 1.29 is 19.8 Å². The predicted molar refractivity (Wildman–Crippen MR) is 95.6 cm³/mol. The minimum atomic E-state index is -1.41. The number of rotatable bonds is 5. The molecule has 1 atom stereocenters. The van der Waals surface area contributed by atoms with Gasteiger partial charge in [0.05, 0.1) is 0 Å². The van der Waals surface area contributed by atoms with E-state index in [0.717, 1.165) is 18.5 Å². The first-order chi connectivity index (χ1) is 12.1. The largest absolute Gasteiger partial charge is 0.477 e. The first-order valence-corrected chi connectivity index (χ1v) is 8.17. The van der Waals surface area contributed by atoms with E-state index in [-0.39, 0.29) is 6.04 Å². The zero-order valence-electron chi connectivity index (χ0n) is 13.6. The molecule has 1 aliphatic rings. The molecule has 0 bridgehead atoms. The van der Waals surface area contributed by atoms with E-state index < -0.39 is 17.5 Å². The van der Waals surface area contributed by atoms with Gasteiger partial charge in [-0.15, -0.1) is 0 Å². The van der Waals surface area contributed by atoms with Gasteiger partial charge in [0, 0.05) is 11.7 Å². The summed E-state index contributed by atoms with van der Waals surface area (Å²) in [5.74, 6) is -2.81. The Morgan fingerprint density at radius 3 is 2.44 bits per heavy atom. The quantitative estimate of drug-likeness (QED) is 0.441. The predicted octanol–water partition coefficient (Wildman–Crippen LogP) is 3.57. The summed E-state index contributed by atoms with van der Waals surface area (Å²) in [5.41, 5.74) is 4.05. The van der Waals surface area contributed by atoms with E-state index in [1.165, 1.54) is 22.8 Å². The Labute approximate surface area is 145 Å². The van der Waals surface area contributed by atoms with E-state index in [1.807, 2.05) is 30.3 Å². The summed E-state index contributed by atoms with van der Waals surface area (Å²) < 4.78 is 0. The maximum absolute atomic E-state index is 10.9. The van der Waals surface area contributed by atoms with Crippen molar-refractivity contribution in [3.05, 3.63) is 65.7 Å². The zero-order chi connectivity index (χ0) is 17.8. The smallest absolute Gasteiger partial charge is 0.342 e. The van der Waals surface area contributed by atoms with Crippen LogP contribution in [0.5, 0.6) is 0 Å². The number of benzene rings is 2. The molecule has 0 amide bonds. The molecule has 3 rings (SSSR count). The number of carbonyl (C=O) groups is 2. The molecule has 5 nitrogen and oxygen atoms in total. The summed E-state index contributed by atoms with van der Waals surface area (Å²) in [6.45, 7) is 0. The lowest BCUT2D eigenvalue weighted by atomic mass is 9.89. The Bertz CT molecular complexity index is 811. The average molecular weight is 337 g/mol. The molecular formula is C20H19NO4. The van der Waals surface area contributed by atoms with Gasteiger partial charge in [-0.1, -0.05) is 48.5 Å². The Kier molecular flexibility index (Phi) is 4.84. The van der Waals surface area contributed by atoms with Crippen molar-refractivity contribution >= 4 is 17.6 Å². The van der Waals surface area contributed by atoms with Gasteiger partial charge in [0.2, 0.25) is 0 Å². The topological polar surface area (TPSA) is 86.6 Å². The molecule has 0 saturated carbocycles. The van der Waals surface area contributed by atoms with Gasteiger partial charge in [-0.2, -0.15) is 0 Å². The van der Waals surface area contributed by atoms with Crippen molar-refractivity contribution in [3.8, 4) is 11.1 Å². The maximum atomic E-state index is 10.9. The summed E-state index contributed by atoms with van der Waals surface area (Å²) in [7, 11) is 0. The van der Waals surface area contributed by atoms with Crippen molar-refractivity contribution in [2.45, 2.75) is 25.3 Å². The molecule has 3 N–H and O–H groups in total. The summed E-state index contributed by atoms with van der Waals surface area (Å²) in [6, 6.07) is 16.3. The van der Waals surface area contributed by atoms with E-state index in [4.69, 9.17) is 10.2 Å². The highest BCUT2D eigenvalue weighted by Crippen LogP contribution is 2.34. The summed E-state index contributed by atoms with van der Waals surface area (Å²) >= 11 is 0. The summed E-state index contributed by atoms with van der Waals surface area (Å²) in [4.78, 5) is 21.9. The van der Waals surface area contributed by atoms with Crippen LogP contribution in [0.2, 0.25) is 0 Å². The van der Waals surface area contributed by atoms with Crippen molar-refractivity contribution in [3.63, 3.8) is 0 Å². The number of nitrogens with one attached hydrogen (secondary N) is 1. The summed E-state index contributed by atoms with van der Waals surface area (Å²) in [5, 5.41) is 21.3. The van der Waals surface area contributed by atoms with E-state index in [1.54, 1.807) is 0 Å². The second kappa shape index (κ2) is 7.21. The molecule has 25 heavy (non-hydrogen) atoms. The Hall–Kier alpha value is -3.08. The van der Waals surface area contributed by atoms with Gasteiger partial charge >= 0.3 is 11.9 Å². The van der Waals surface area contributed by atoms with Crippen LogP contribution in [0.15, 0.2) is 60.2 Å². The van der Waals surface area contributed by atoms with Crippen LogP contribution in [-0.4, -0.2) is 28.2 Å². The second-order valence-electron chi connectivity index (χ2n) is 6.04. The van der Waals surface area contributed by atoms with Crippen LogP contribution in [0.25, 0.3) is 11.1 Å². The summed E-state index contributed by atoms with van der Waals surface area (Å²) in [6.07, 6.45) is 3.33. The number of carboxylic acid groups (broad SMARTS) is 2. The van der Waals surface area contributed by atoms with Crippen LogP contribution in [0, 0.1) is 0 Å². The highest BCUT2D eigenvalue weighted by molar-refractivity contribution is 6.12. The van der Waals surface area contributed by atoms with Crippen LogP contribution in [0.1, 0.15) is 18.4 Å². The van der Waals surface area contributed by atoms with E-state index in [0.29, 0.717) is 6.42 Å². The molecule has 1 unspecified atom stereocenters. The minimum Gasteiger partial charge on any atom is -0.477 e. The molecular weight excluding hydrogens is 318 g/mol. The van der Waals surface area contributed by atoms with Gasteiger partial charge < -0.3 is 15.5 Å². The highest BCUT2D eigenvalue weighted by Gasteiger charge is 2.21. The number of fused-ring (bicyclic) bond motifs is 1. The normalized spacial score (nSPS) is 15.6. The second-order valence-corrected chi connectivity index (χ2v) is 6.04. The van der Waals surface area contributed by atoms with E-state index in [2.05, 4.69) is 23.5 Å². The number of hydrogen-bond donors (Lipinski definition) is 3. The number of aliphatic carboxylic acids is 2. The van der Waals surface area contributed by atoms with Crippen LogP contribution in [0.4, 0.5) is 5.69 Å². The number of carboxylic acids is 2. The van der Waals surface area contributed by atoms with Gasteiger partial charge in [-0.3, -0.25) is 0 Å². The molecule has 2 aromatic carbocycles. The third-order valence-electron chi connectivity index (χ3n) is 4.43. The molecule has 0 fully saturated rings. The van der Waals surface area contributed by atoms with Gasteiger partial charge in [0.15, 0.2) is 0 Å². The van der Waals surface area contributed by atoms with Gasteiger partial charge in [-0.05, 0) is 42.0 Å². The van der Waals surface area contributed by atoms with Crippen LogP contribution in [0.3, 0.4) is 0 Å². The average Bonchev–Trinajstić information content (AvgIpc) is 2.61. The standard InChI is InChI=1S/C20H19NO4/c22-19(23)17(20(24)25)12-10-14-9-11-16-15(7-4-8-18(16)21-14)13-5-2-1-3-6-13/h1-8,12,14,21H,9-11H2,(H,22,23)(H,24,25). The van der Waals surface area contributed by atoms with Gasteiger partial charge in [0.25, 0.3) is 0 Å². The molecule has 0 aromatic heterocycles. The molecule has 0 spiro atoms. The molecule has 5 heteroatoms. The molecule has 0 radical (unpaired) electrons. The SMILES string of the molecule is O=C(O)C(=CCC1CCc2c(cccc2-c2ccccc2)N1)C(=O)O. The van der Waals surface area contributed by atoms with Gasteiger partial charge in [0.1, 0.15) is 5.57 Å². The number of anilines is 1. The van der Waals surface area contributed by atoms with Gasteiger partial charge in [-0.25, -0.2) is 9.59 Å². The van der Waals surface area contributed by atoms with Crippen molar-refractivity contribution in [1.82, 2.24) is 0 Å². The first-order valence-electron chi connectivity index (χ1n) is 8.17. The van der Waals surface area contributed by atoms with Crippen LogP contribution >= 0.6 is 0 Å². The first kappa shape index (κ1) is 16.8. The molecule has 1 aliphatic heterocycles. The maximum Gasteiger partial charge on any atom is 0.342 e. The molecule has 0 saturated heterocycles. The van der Waals surface area contributed by atoms with Crippen molar-refractivity contribution in [1.29, 1.82) is 0 Å². The van der Waals surface area contributed by atoms with Crippen LogP contribution < -0.4 is 5.32 Å². The zero-order valence-corrected chi connectivity index (χ0v) is 13.6. The fourth-order valence-corrected chi connectivity index (χ4v) is 3.19. The van der Waals surface area contributed by atoms with E-state index in [9.17, 15) is 9.59 Å². The molecule has 2 aromatic rings.